The van der Waals surface area contributed by atoms with Gasteiger partial charge in [-0.3, -0.25) is 9.52 Å². The molecule has 0 spiro atoms. The Morgan fingerprint density at radius 2 is 2.11 bits per heavy atom. The van der Waals surface area contributed by atoms with Crippen LogP contribution in [0.3, 0.4) is 0 Å². The summed E-state index contributed by atoms with van der Waals surface area (Å²) in [4.78, 5) is 11.8. The molecule has 2 aromatic rings. The van der Waals surface area contributed by atoms with Crippen molar-refractivity contribution in [2.24, 2.45) is 5.73 Å². The van der Waals surface area contributed by atoms with Gasteiger partial charge in [-0.25, -0.2) is 8.42 Å². The van der Waals surface area contributed by atoms with Gasteiger partial charge in [-0.2, -0.15) is 0 Å². The molecule has 0 saturated carbocycles. The molecule has 0 saturated heterocycles. The number of hydrogen-bond acceptors (Lipinski definition) is 6. The molecule has 0 bridgehead atoms. The second-order valence-corrected chi connectivity index (χ2v) is 8.10. The number of nitrogens with two attached hydrogens (primary N) is 1. The van der Waals surface area contributed by atoms with Gasteiger partial charge in [0, 0.05) is 5.69 Å². The Hall–Kier alpha value is -2.56. The highest BCUT2D eigenvalue weighted by Crippen LogP contribution is 2.31. The Morgan fingerprint density at radius 3 is 2.75 bits per heavy atom. The largest absolute Gasteiger partial charge is 0.497 e. The quantitative estimate of drug-likeness (QED) is 0.583. The predicted octanol–water partition coefficient (Wildman–Crippen LogP) is 0.693. The number of benzene rings is 2. The SMILES string of the molecule is CCC(C(N)=O)c1cc(OC)ccc1S(=O)(=O)Nc1ccc2c(c1)B(O)OC2. The summed E-state index contributed by atoms with van der Waals surface area (Å²) >= 11 is 0. The number of hydrogen-bond donors (Lipinski definition) is 3. The lowest BCUT2D eigenvalue weighted by molar-refractivity contribution is -0.119. The fraction of sp³-hybridized carbons (Fsp3) is 0.278. The number of sulfonamides is 1. The molecule has 3 rings (SSSR count). The Bertz CT molecular complexity index is 1010. The van der Waals surface area contributed by atoms with Crippen molar-refractivity contribution in [1.82, 2.24) is 0 Å². The molecule has 4 N–H and O–H groups in total. The molecule has 0 aliphatic carbocycles. The van der Waals surface area contributed by atoms with Crippen molar-refractivity contribution in [3.05, 3.63) is 47.5 Å². The van der Waals surface area contributed by atoms with Crippen molar-refractivity contribution in [3.63, 3.8) is 0 Å². The third-order valence-electron chi connectivity index (χ3n) is 4.69. The van der Waals surface area contributed by atoms with Crippen molar-refractivity contribution in [2.45, 2.75) is 30.8 Å². The van der Waals surface area contributed by atoms with Crippen LogP contribution in [0.1, 0.15) is 30.4 Å². The van der Waals surface area contributed by atoms with Gasteiger partial charge in [0.2, 0.25) is 5.91 Å². The molecule has 2 aromatic carbocycles. The predicted molar refractivity (Wildman–Crippen MR) is 105 cm³/mol. The summed E-state index contributed by atoms with van der Waals surface area (Å²) in [6.45, 7) is 2.02. The minimum atomic E-state index is -4.03. The number of nitrogens with one attached hydrogen (secondary N) is 1. The van der Waals surface area contributed by atoms with Crippen LogP contribution < -0.4 is 20.7 Å². The van der Waals surface area contributed by atoms with Gasteiger partial charge in [-0.15, -0.1) is 0 Å². The van der Waals surface area contributed by atoms with E-state index in [0.29, 0.717) is 17.6 Å². The van der Waals surface area contributed by atoms with E-state index < -0.39 is 29.0 Å². The third-order valence-corrected chi connectivity index (χ3v) is 6.15. The first-order valence-electron chi connectivity index (χ1n) is 8.69. The van der Waals surface area contributed by atoms with Crippen molar-refractivity contribution < 1.29 is 27.6 Å². The van der Waals surface area contributed by atoms with Gasteiger partial charge in [0.05, 0.1) is 24.5 Å². The first kappa shape index (κ1) is 20.2. The molecule has 1 aliphatic rings. The Kier molecular flexibility index (Phi) is 5.64. The van der Waals surface area contributed by atoms with Gasteiger partial charge in [-0.05, 0) is 53.3 Å². The molecule has 8 nitrogen and oxygen atoms in total. The van der Waals surface area contributed by atoms with Crippen LogP contribution in [0.4, 0.5) is 5.69 Å². The number of anilines is 1. The molecule has 1 amide bonds. The van der Waals surface area contributed by atoms with Crippen LogP contribution >= 0.6 is 0 Å². The maximum absolute atomic E-state index is 13.0. The third kappa shape index (κ3) is 3.84. The molecule has 1 aliphatic heterocycles. The first-order valence-corrected chi connectivity index (χ1v) is 10.2. The molecule has 0 radical (unpaired) electrons. The van der Waals surface area contributed by atoms with Gasteiger partial charge >= 0.3 is 7.12 Å². The van der Waals surface area contributed by atoms with Crippen molar-refractivity contribution in [2.75, 3.05) is 11.8 Å². The number of carbonyl (C=O) groups is 1. The van der Waals surface area contributed by atoms with E-state index in [1.54, 1.807) is 19.1 Å². The van der Waals surface area contributed by atoms with E-state index in [-0.39, 0.29) is 22.8 Å². The molecular formula is C18H21BN2O6S. The number of carbonyl (C=O) groups excluding carboxylic acids is 1. The topological polar surface area (TPSA) is 128 Å². The van der Waals surface area contributed by atoms with Gasteiger partial charge in [0.15, 0.2) is 0 Å². The zero-order valence-corrected chi connectivity index (χ0v) is 16.3. The van der Waals surface area contributed by atoms with E-state index in [9.17, 15) is 18.2 Å². The summed E-state index contributed by atoms with van der Waals surface area (Å²) in [6, 6.07) is 9.20. The molecule has 10 heteroatoms. The summed E-state index contributed by atoms with van der Waals surface area (Å²) in [6.07, 6.45) is 0.341. The Morgan fingerprint density at radius 1 is 1.36 bits per heavy atom. The fourth-order valence-electron chi connectivity index (χ4n) is 3.23. The zero-order chi connectivity index (χ0) is 20.5. The molecule has 1 unspecified atom stereocenters. The normalized spacial score (nSPS) is 14.5. The highest BCUT2D eigenvalue weighted by molar-refractivity contribution is 7.92. The van der Waals surface area contributed by atoms with Crippen LogP contribution in [0.2, 0.25) is 0 Å². The maximum atomic E-state index is 13.0. The van der Waals surface area contributed by atoms with E-state index in [4.69, 9.17) is 15.1 Å². The fourth-order valence-corrected chi connectivity index (χ4v) is 4.54. The standard InChI is InChI=1S/C18H21BN2O6S/c1-3-14(18(20)22)15-9-13(26-2)6-7-17(15)28(24,25)21-12-5-4-11-10-27-19(23)16(11)8-12/h4-9,14,21,23H,3,10H2,1-2H3,(H2,20,22). The van der Waals surface area contributed by atoms with Crippen molar-refractivity contribution >= 4 is 34.2 Å². The van der Waals surface area contributed by atoms with E-state index in [0.717, 1.165) is 5.56 Å². The minimum absolute atomic E-state index is 0.0590. The van der Waals surface area contributed by atoms with Gasteiger partial charge in [0.25, 0.3) is 10.0 Å². The number of rotatable bonds is 7. The lowest BCUT2D eigenvalue weighted by Gasteiger charge is -2.18. The number of fused-ring (bicyclic) bond motifs is 1. The molecule has 1 atom stereocenters. The summed E-state index contributed by atoms with van der Waals surface area (Å²) in [5.41, 5.74) is 7.33. The van der Waals surface area contributed by atoms with Crippen LogP contribution in [0.25, 0.3) is 0 Å². The Balaban J connectivity index is 2.02. The first-order chi connectivity index (χ1) is 13.3. The van der Waals surface area contributed by atoms with Gasteiger partial charge in [0.1, 0.15) is 5.75 Å². The van der Waals surface area contributed by atoms with Crippen LogP contribution in [0.5, 0.6) is 5.75 Å². The number of ether oxygens (including phenoxy) is 1. The second kappa shape index (κ2) is 7.82. The number of methoxy groups -OCH3 is 1. The van der Waals surface area contributed by atoms with E-state index in [2.05, 4.69) is 4.72 Å². The average Bonchev–Trinajstić information content (AvgIpc) is 3.02. The Labute approximate surface area is 163 Å². The second-order valence-electron chi connectivity index (χ2n) is 6.45. The van der Waals surface area contributed by atoms with Crippen molar-refractivity contribution in [1.29, 1.82) is 0 Å². The number of primary amides is 1. The van der Waals surface area contributed by atoms with Gasteiger partial charge in [-0.1, -0.05) is 13.0 Å². The van der Waals surface area contributed by atoms with Crippen molar-refractivity contribution in [3.8, 4) is 5.75 Å². The lowest BCUT2D eigenvalue weighted by atomic mass is 9.79. The number of amides is 1. The van der Waals surface area contributed by atoms with Crippen LogP contribution in [-0.2, 0) is 26.1 Å². The molecular weight excluding hydrogens is 383 g/mol. The smallest absolute Gasteiger partial charge is 0.491 e. The lowest BCUT2D eigenvalue weighted by Crippen LogP contribution is -2.28. The molecule has 148 valence electrons. The summed E-state index contributed by atoms with van der Waals surface area (Å²) in [7, 11) is -3.66. The highest BCUT2D eigenvalue weighted by atomic mass is 32.2. The average molecular weight is 404 g/mol. The summed E-state index contributed by atoms with van der Waals surface area (Å²) < 4.78 is 38.9. The van der Waals surface area contributed by atoms with Crippen LogP contribution in [0.15, 0.2) is 41.3 Å². The van der Waals surface area contributed by atoms with E-state index in [1.165, 1.54) is 31.4 Å². The maximum Gasteiger partial charge on any atom is 0.491 e. The summed E-state index contributed by atoms with van der Waals surface area (Å²) in [5.74, 6) is -0.978. The van der Waals surface area contributed by atoms with Gasteiger partial charge < -0.3 is 20.1 Å². The molecule has 1 heterocycles. The molecule has 0 fully saturated rings. The van der Waals surface area contributed by atoms with Crippen LogP contribution in [-0.4, -0.2) is 33.6 Å². The molecule has 28 heavy (non-hydrogen) atoms. The monoisotopic (exact) mass is 404 g/mol. The highest BCUT2D eigenvalue weighted by Gasteiger charge is 2.29. The minimum Gasteiger partial charge on any atom is -0.497 e. The van der Waals surface area contributed by atoms with E-state index >= 15 is 0 Å². The van der Waals surface area contributed by atoms with Crippen LogP contribution in [0, 0.1) is 0 Å². The zero-order valence-electron chi connectivity index (χ0n) is 15.5. The summed E-state index contributed by atoms with van der Waals surface area (Å²) in [5, 5.41) is 9.82. The molecule has 0 aromatic heterocycles. The van der Waals surface area contributed by atoms with E-state index in [1.807, 2.05) is 0 Å².